The fraction of sp³-hybridized carbons (Fsp3) is 0.871. The average molecular weight is 566 g/mol. The highest BCUT2D eigenvalue weighted by molar-refractivity contribution is 6.38. The second kappa shape index (κ2) is 19.8. The quantitative estimate of drug-likeness (QED) is 0.0914. The normalized spacial score (nSPS) is 16.2. The molecule has 1 heterocycles. The number of amides is 4. The van der Waals surface area contributed by atoms with Crippen molar-refractivity contribution in [3.8, 4) is 0 Å². The predicted molar refractivity (Wildman–Crippen MR) is 161 cm³/mol. The lowest BCUT2D eigenvalue weighted by Gasteiger charge is -2.46. The predicted octanol–water partition coefficient (Wildman–Crippen LogP) is 4.94. The second-order valence-electron chi connectivity index (χ2n) is 12.9. The van der Waals surface area contributed by atoms with Crippen molar-refractivity contribution >= 4 is 23.6 Å². The van der Waals surface area contributed by atoms with Crippen molar-refractivity contribution in [3.05, 3.63) is 0 Å². The molecule has 4 amide bonds. The monoisotopic (exact) mass is 565 g/mol. The summed E-state index contributed by atoms with van der Waals surface area (Å²) in [5.74, 6) is -3.68. The highest BCUT2D eigenvalue weighted by atomic mass is 16.2. The molecule has 1 fully saturated rings. The molecule has 0 aromatic heterocycles. The van der Waals surface area contributed by atoms with E-state index < -0.39 is 23.6 Å². The third-order valence-electron chi connectivity index (χ3n) is 7.54. The van der Waals surface area contributed by atoms with E-state index in [1.54, 1.807) is 0 Å². The minimum Gasteiger partial charge on any atom is -0.348 e. The van der Waals surface area contributed by atoms with Crippen molar-refractivity contribution < 1.29 is 19.2 Å². The van der Waals surface area contributed by atoms with E-state index in [2.05, 4.69) is 22.9 Å². The van der Waals surface area contributed by atoms with Crippen LogP contribution in [0.15, 0.2) is 0 Å². The van der Waals surface area contributed by atoms with Crippen molar-refractivity contribution in [2.24, 2.45) is 0 Å². The standard InChI is InChI=1S/C31H59N5O4/c1-6-7-8-9-10-11-12-13-14-15-16-17-18-19-20-21-22-32-26(37)28(39)34-35-29(40)27(38)33-25-23-30(2,3)36-31(4,5)24-25/h25,36H,6-24H2,1-5H3,(H,32,37)(H,33,38)(H,34,39)(H,35,40). The maximum atomic E-state index is 12.3. The number of piperidine rings is 1. The van der Waals surface area contributed by atoms with Gasteiger partial charge in [-0.3, -0.25) is 30.0 Å². The molecule has 232 valence electrons. The van der Waals surface area contributed by atoms with Crippen LogP contribution in [0.3, 0.4) is 0 Å². The van der Waals surface area contributed by atoms with Crippen molar-refractivity contribution in [2.75, 3.05) is 6.54 Å². The lowest BCUT2D eigenvalue weighted by atomic mass is 9.79. The molecule has 1 saturated heterocycles. The van der Waals surface area contributed by atoms with Gasteiger partial charge in [0.1, 0.15) is 0 Å². The zero-order valence-electron chi connectivity index (χ0n) is 26.1. The first-order valence-corrected chi connectivity index (χ1v) is 15.9. The Morgan fingerprint density at radius 2 is 0.950 bits per heavy atom. The Morgan fingerprint density at radius 1 is 0.575 bits per heavy atom. The topological polar surface area (TPSA) is 128 Å². The number of hydrogen-bond donors (Lipinski definition) is 5. The smallest absolute Gasteiger partial charge is 0.327 e. The van der Waals surface area contributed by atoms with E-state index in [4.69, 9.17) is 0 Å². The molecule has 0 aliphatic carbocycles. The SMILES string of the molecule is CCCCCCCCCCCCCCCCCCNC(=O)C(=O)NNC(=O)C(=O)NC1CC(C)(C)NC(C)(C)C1. The van der Waals surface area contributed by atoms with Crippen LogP contribution in [0.1, 0.15) is 150 Å². The Labute approximate surface area is 243 Å². The summed E-state index contributed by atoms with van der Waals surface area (Å²) in [6, 6.07) is -0.178. The van der Waals surface area contributed by atoms with Crippen LogP contribution in [-0.4, -0.2) is 47.3 Å². The summed E-state index contributed by atoms with van der Waals surface area (Å²) in [6.45, 7) is 10.9. The molecule has 0 radical (unpaired) electrons. The Morgan fingerprint density at radius 3 is 1.38 bits per heavy atom. The molecule has 0 saturated carbocycles. The number of hydrazine groups is 1. The van der Waals surface area contributed by atoms with Crippen molar-refractivity contribution in [1.82, 2.24) is 26.8 Å². The van der Waals surface area contributed by atoms with Crippen molar-refractivity contribution in [2.45, 2.75) is 167 Å². The summed E-state index contributed by atoms with van der Waals surface area (Å²) in [5, 5.41) is 8.80. The third kappa shape index (κ3) is 17.5. The van der Waals surface area contributed by atoms with E-state index in [1.807, 2.05) is 38.5 Å². The van der Waals surface area contributed by atoms with Crippen LogP contribution in [-0.2, 0) is 19.2 Å². The fourth-order valence-corrected chi connectivity index (χ4v) is 5.86. The van der Waals surface area contributed by atoms with E-state index in [0.29, 0.717) is 19.4 Å². The van der Waals surface area contributed by atoms with Gasteiger partial charge in [0.15, 0.2) is 0 Å². The molecule has 0 aromatic rings. The number of carbonyl (C=O) groups excluding carboxylic acids is 4. The molecule has 0 aromatic carbocycles. The molecule has 1 aliphatic rings. The van der Waals surface area contributed by atoms with E-state index in [1.165, 1.54) is 83.5 Å². The molecular formula is C31H59N5O4. The fourth-order valence-electron chi connectivity index (χ4n) is 5.86. The third-order valence-corrected chi connectivity index (χ3v) is 7.54. The van der Waals surface area contributed by atoms with Crippen LogP contribution in [0.2, 0.25) is 0 Å². The maximum absolute atomic E-state index is 12.3. The highest BCUT2D eigenvalue weighted by Crippen LogP contribution is 2.28. The first-order valence-electron chi connectivity index (χ1n) is 15.9. The number of nitrogens with one attached hydrogen (secondary N) is 5. The van der Waals surface area contributed by atoms with Crippen LogP contribution in [0.4, 0.5) is 0 Å². The van der Waals surface area contributed by atoms with Crippen molar-refractivity contribution in [1.29, 1.82) is 0 Å². The van der Waals surface area contributed by atoms with Gasteiger partial charge in [-0.1, -0.05) is 103 Å². The molecule has 0 bridgehead atoms. The van der Waals surface area contributed by atoms with Crippen LogP contribution >= 0.6 is 0 Å². The Kier molecular flexibility index (Phi) is 17.8. The van der Waals surface area contributed by atoms with Gasteiger partial charge in [0, 0.05) is 23.7 Å². The summed E-state index contributed by atoms with van der Waals surface area (Å²) in [4.78, 5) is 48.3. The van der Waals surface area contributed by atoms with E-state index in [-0.39, 0.29) is 17.1 Å². The van der Waals surface area contributed by atoms with Gasteiger partial charge in [-0.05, 0) is 47.0 Å². The molecule has 0 atom stereocenters. The van der Waals surface area contributed by atoms with Crippen LogP contribution in [0.25, 0.3) is 0 Å². The van der Waals surface area contributed by atoms with Crippen LogP contribution in [0, 0.1) is 0 Å². The minimum atomic E-state index is -1.01. The first kappa shape index (κ1) is 35.9. The van der Waals surface area contributed by atoms with Gasteiger partial charge < -0.3 is 16.0 Å². The van der Waals surface area contributed by atoms with Gasteiger partial charge in [-0.2, -0.15) is 0 Å². The average Bonchev–Trinajstić information content (AvgIpc) is 2.86. The van der Waals surface area contributed by atoms with Gasteiger partial charge in [0.05, 0.1) is 0 Å². The lowest BCUT2D eigenvalue weighted by Crippen LogP contribution is -2.63. The van der Waals surface area contributed by atoms with E-state index in [9.17, 15) is 19.2 Å². The molecule has 0 unspecified atom stereocenters. The lowest BCUT2D eigenvalue weighted by molar-refractivity contribution is -0.144. The van der Waals surface area contributed by atoms with Crippen molar-refractivity contribution in [3.63, 3.8) is 0 Å². The molecular weight excluding hydrogens is 506 g/mol. The number of rotatable bonds is 18. The van der Waals surface area contributed by atoms with Gasteiger partial charge in [0.2, 0.25) is 0 Å². The summed E-state index contributed by atoms with van der Waals surface area (Å²) in [5.41, 5.74) is 3.67. The Hall–Kier alpha value is -2.16. The van der Waals surface area contributed by atoms with Gasteiger partial charge in [-0.15, -0.1) is 0 Å². The van der Waals surface area contributed by atoms with Gasteiger partial charge in [0.25, 0.3) is 0 Å². The zero-order chi connectivity index (χ0) is 29.9. The number of carbonyl (C=O) groups is 4. The molecule has 5 N–H and O–H groups in total. The number of unbranched alkanes of at least 4 members (excludes halogenated alkanes) is 15. The molecule has 0 spiro atoms. The van der Waals surface area contributed by atoms with Gasteiger partial charge >= 0.3 is 23.6 Å². The van der Waals surface area contributed by atoms with Crippen LogP contribution < -0.4 is 26.8 Å². The summed E-state index contributed by atoms with van der Waals surface area (Å²) < 4.78 is 0. The summed E-state index contributed by atoms with van der Waals surface area (Å²) in [6.07, 6.45) is 21.7. The van der Waals surface area contributed by atoms with E-state index in [0.717, 1.165) is 19.3 Å². The van der Waals surface area contributed by atoms with Gasteiger partial charge in [-0.25, -0.2) is 0 Å². The summed E-state index contributed by atoms with van der Waals surface area (Å²) in [7, 11) is 0. The van der Waals surface area contributed by atoms with Crippen LogP contribution in [0.5, 0.6) is 0 Å². The number of hydrogen-bond acceptors (Lipinski definition) is 5. The Bertz CT molecular complexity index is 753. The highest BCUT2D eigenvalue weighted by Gasteiger charge is 2.38. The second-order valence-corrected chi connectivity index (χ2v) is 12.9. The molecule has 1 rings (SSSR count). The molecule has 1 aliphatic heterocycles. The Balaban J connectivity index is 2.01. The molecule has 9 heteroatoms. The molecule has 9 nitrogen and oxygen atoms in total. The van der Waals surface area contributed by atoms with E-state index >= 15 is 0 Å². The molecule has 40 heavy (non-hydrogen) atoms. The largest absolute Gasteiger partial charge is 0.348 e. The first-order chi connectivity index (χ1) is 19.0. The minimum absolute atomic E-state index is 0.178. The summed E-state index contributed by atoms with van der Waals surface area (Å²) >= 11 is 0. The zero-order valence-corrected chi connectivity index (χ0v) is 26.1. The maximum Gasteiger partial charge on any atom is 0.327 e.